The molecule has 1 aliphatic carbocycles. The molecule has 2 rings (SSSR count). The quantitative estimate of drug-likeness (QED) is 0.832. The Morgan fingerprint density at radius 3 is 2.40 bits per heavy atom. The average Bonchev–Trinajstić information content (AvgIpc) is 2.40. The number of Topliss-reactive ketones (excluding diaryl/α,β-unsaturated/α-hetero) is 1. The summed E-state index contributed by atoms with van der Waals surface area (Å²) in [6.07, 6.45) is -1.49. The lowest BCUT2D eigenvalue weighted by Gasteiger charge is -2.36. The zero-order valence-electron chi connectivity index (χ0n) is 10.2. The molecule has 2 unspecified atom stereocenters. The molecule has 0 radical (unpaired) electrons. The maximum Gasteiger partial charge on any atom is 0.411 e. The van der Waals surface area contributed by atoms with E-state index in [-0.39, 0.29) is 5.56 Å². The van der Waals surface area contributed by atoms with Crippen molar-refractivity contribution in [2.45, 2.75) is 11.7 Å². The van der Waals surface area contributed by atoms with Gasteiger partial charge in [0, 0.05) is 10.0 Å². The molecular weight excluding hydrogens is 335 g/mol. The van der Waals surface area contributed by atoms with Crippen molar-refractivity contribution in [2.75, 3.05) is 0 Å². The van der Waals surface area contributed by atoms with Crippen LogP contribution < -0.4 is 5.73 Å². The Morgan fingerprint density at radius 1 is 1.25 bits per heavy atom. The third-order valence-electron chi connectivity index (χ3n) is 3.19. The summed E-state index contributed by atoms with van der Waals surface area (Å²) >= 11 is 3.09. The second-order valence-electron chi connectivity index (χ2n) is 4.52. The summed E-state index contributed by atoms with van der Waals surface area (Å²) < 4.78 is 40.0. The fourth-order valence-corrected chi connectivity index (χ4v) is 2.42. The zero-order chi connectivity index (χ0) is 15.0. The minimum Gasteiger partial charge on any atom is -0.314 e. The standard InChI is InChI=1S/C14H11BrF3NO/c15-10-6-7-13(19,14(16,17)18)11(8-10)12(20)9-4-2-1-3-5-9/h1-8,11H,19H2. The molecular formula is C14H11BrF3NO. The first-order chi connectivity index (χ1) is 9.25. The molecule has 106 valence electrons. The molecule has 0 aliphatic heterocycles. The number of rotatable bonds is 2. The van der Waals surface area contributed by atoms with Crippen LogP contribution in [0.4, 0.5) is 13.2 Å². The predicted octanol–water partition coefficient (Wildman–Crippen LogP) is 3.59. The van der Waals surface area contributed by atoms with E-state index in [4.69, 9.17) is 5.73 Å². The largest absolute Gasteiger partial charge is 0.411 e. The third kappa shape index (κ3) is 2.58. The van der Waals surface area contributed by atoms with E-state index in [0.29, 0.717) is 4.48 Å². The van der Waals surface area contributed by atoms with Crippen LogP contribution in [0.5, 0.6) is 0 Å². The summed E-state index contributed by atoms with van der Waals surface area (Å²) in [6, 6.07) is 7.81. The van der Waals surface area contributed by atoms with E-state index in [1.54, 1.807) is 18.2 Å². The van der Waals surface area contributed by atoms with Crippen LogP contribution in [-0.4, -0.2) is 17.5 Å². The fraction of sp³-hybridized carbons (Fsp3) is 0.214. The molecule has 0 saturated carbocycles. The maximum atomic E-state index is 13.2. The first-order valence-corrected chi connectivity index (χ1v) is 6.56. The summed E-state index contributed by atoms with van der Waals surface area (Å²) in [5, 5.41) is 0. The second-order valence-corrected chi connectivity index (χ2v) is 5.44. The van der Waals surface area contributed by atoms with Crippen molar-refractivity contribution in [2.24, 2.45) is 11.7 Å². The minimum absolute atomic E-state index is 0.198. The Balaban J connectivity index is 2.46. The summed E-state index contributed by atoms with van der Waals surface area (Å²) in [5.41, 5.74) is 2.98. The number of nitrogens with two attached hydrogens (primary N) is 1. The molecule has 0 fully saturated rings. The van der Waals surface area contributed by atoms with Gasteiger partial charge < -0.3 is 5.73 Å². The van der Waals surface area contributed by atoms with Crippen molar-refractivity contribution in [1.29, 1.82) is 0 Å². The molecule has 0 aromatic heterocycles. The van der Waals surface area contributed by atoms with Crippen LogP contribution in [0.15, 0.2) is 53.0 Å². The molecule has 20 heavy (non-hydrogen) atoms. The Labute approximate surface area is 122 Å². The number of alkyl halides is 3. The van der Waals surface area contributed by atoms with Crippen LogP contribution in [0.2, 0.25) is 0 Å². The Bertz CT molecular complexity index is 580. The Kier molecular flexibility index (Phi) is 3.88. The normalized spacial score (nSPS) is 26.2. The van der Waals surface area contributed by atoms with E-state index < -0.39 is 23.4 Å². The van der Waals surface area contributed by atoms with Gasteiger partial charge in [0.15, 0.2) is 5.78 Å². The molecule has 0 heterocycles. The van der Waals surface area contributed by atoms with Gasteiger partial charge in [0.05, 0.1) is 5.92 Å². The lowest BCUT2D eigenvalue weighted by molar-refractivity contribution is -0.177. The van der Waals surface area contributed by atoms with Crippen molar-refractivity contribution in [3.8, 4) is 0 Å². The van der Waals surface area contributed by atoms with E-state index in [9.17, 15) is 18.0 Å². The molecule has 2 atom stereocenters. The molecule has 0 saturated heterocycles. The number of ketones is 1. The van der Waals surface area contributed by atoms with E-state index in [1.807, 2.05) is 0 Å². The molecule has 0 spiro atoms. The number of hydrogen-bond acceptors (Lipinski definition) is 2. The summed E-state index contributed by atoms with van der Waals surface area (Å²) in [7, 11) is 0. The SMILES string of the molecule is NC1(C(F)(F)F)C=CC(Br)=CC1C(=O)c1ccccc1. The minimum atomic E-state index is -4.72. The van der Waals surface area contributed by atoms with Crippen molar-refractivity contribution in [3.05, 3.63) is 58.6 Å². The topological polar surface area (TPSA) is 43.1 Å². The van der Waals surface area contributed by atoms with E-state index in [0.717, 1.165) is 6.08 Å². The lowest BCUT2D eigenvalue weighted by Crippen LogP contribution is -2.59. The van der Waals surface area contributed by atoms with Gasteiger partial charge in [-0.3, -0.25) is 4.79 Å². The van der Waals surface area contributed by atoms with Gasteiger partial charge in [-0.05, 0) is 0 Å². The number of carbonyl (C=O) groups excluding carboxylic acids is 1. The molecule has 6 heteroatoms. The first kappa shape index (κ1) is 15.0. The summed E-state index contributed by atoms with van der Waals surface area (Å²) in [5.74, 6) is -2.16. The monoisotopic (exact) mass is 345 g/mol. The first-order valence-electron chi connectivity index (χ1n) is 5.77. The van der Waals surface area contributed by atoms with Crippen LogP contribution in [0.1, 0.15) is 10.4 Å². The summed E-state index contributed by atoms with van der Waals surface area (Å²) in [6.45, 7) is 0. The van der Waals surface area contributed by atoms with Crippen LogP contribution in [0, 0.1) is 5.92 Å². The number of allylic oxidation sites excluding steroid dienone is 2. The van der Waals surface area contributed by atoms with Gasteiger partial charge in [-0.2, -0.15) is 13.2 Å². The van der Waals surface area contributed by atoms with E-state index in [2.05, 4.69) is 15.9 Å². The van der Waals surface area contributed by atoms with Gasteiger partial charge in [0.2, 0.25) is 0 Å². The van der Waals surface area contributed by atoms with Crippen LogP contribution in [0.3, 0.4) is 0 Å². The van der Waals surface area contributed by atoms with Gasteiger partial charge in [-0.1, -0.05) is 64.5 Å². The molecule has 0 bridgehead atoms. The lowest BCUT2D eigenvalue weighted by atomic mass is 9.76. The number of halogens is 4. The van der Waals surface area contributed by atoms with Crippen molar-refractivity contribution in [1.82, 2.24) is 0 Å². The highest BCUT2D eigenvalue weighted by atomic mass is 79.9. The van der Waals surface area contributed by atoms with Crippen molar-refractivity contribution in [3.63, 3.8) is 0 Å². The molecule has 2 nitrogen and oxygen atoms in total. The fourth-order valence-electron chi connectivity index (χ4n) is 2.02. The Morgan fingerprint density at radius 2 is 1.85 bits per heavy atom. The molecule has 2 N–H and O–H groups in total. The number of benzene rings is 1. The van der Waals surface area contributed by atoms with Gasteiger partial charge in [-0.25, -0.2) is 0 Å². The third-order valence-corrected chi connectivity index (χ3v) is 3.72. The highest BCUT2D eigenvalue weighted by Crippen LogP contribution is 2.41. The number of carbonyl (C=O) groups is 1. The average molecular weight is 346 g/mol. The van der Waals surface area contributed by atoms with E-state index >= 15 is 0 Å². The van der Waals surface area contributed by atoms with Gasteiger partial charge >= 0.3 is 6.18 Å². The highest BCUT2D eigenvalue weighted by molar-refractivity contribution is 9.11. The van der Waals surface area contributed by atoms with E-state index in [1.165, 1.54) is 24.3 Å². The van der Waals surface area contributed by atoms with Crippen molar-refractivity contribution < 1.29 is 18.0 Å². The van der Waals surface area contributed by atoms with Crippen LogP contribution in [0.25, 0.3) is 0 Å². The van der Waals surface area contributed by atoms with Gasteiger partial charge in [0.25, 0.3) is 0 Å². The molecule has 0 amide bonds. The van der Waals surface area contributed by atoms with Gasteiger partial charge in [-0.15, -0.1) is 0 Å². The molecule has 1 aromatic carbocycles. The molecule has 1 aliphatic rings. The Hall–Kier alpha value is -1.40. The number of hydrogen-bond donors (Lipinski definition) is 1. The second kappa shape index (κ2) is 5.18. The van der Waals surface area contributed by atoms with Crippen LogP contribution >= 0.6 is 15.9 Å². The van der Waals surface area contributed by atoms with Gasteiger partial charge in [0.1, 0.15) is 5.54 Å². The maximum absolute atomic E-state index is 13.2. The van der Waals surface area contributed by atoms with Crippen molar-refractivity contribution >= 4 is 21.7 Å². The summed E-state index contributed by atoms with van der Waals surface area (Å²) in [4.78, 5) is 12.3. The molecule has 1 aromatic rings. The zero-order valence-corrected chi connectivity index (χ0v) is 11.8. The predicted molar refractivity (Wildman–Crippen MR) is 73.4 cm³/mol. The van der Waals surface area contributed by atoms with Crippen LogP contribution in [-0.2, 0) is 0 Å². The smallest absolute Gasteiger partial charge is 0.314 e. The highest BCUT2D eigenvalue weighted by Gasteiger charge is 2.57.